The quantitative estimate of drug-likeness (QED) is 0.395. The van der Waals surface area contributed by atoms with Crippen molar-refractivity contribution in [1.29, 1.82) is 0 Å². The molecule has 1 saturated heterocycles. The molecule has 0 bridgehead atoms. The molecule has 2 aliphatic heterocycles. The van der Waals surface area contributed by atoms with E-state index in [2.05, 4.69) is 6.92 Å². The number of carbonyl (C=O) groups excluding carboxylic acids is 2. The molecule has 0 spiro atoms. The molecule has 1 unspecified atom stereocenters. The summed E-state index contributed by atoms with van der Waals surface area (Å²) in [4.78, 5) is 40.9. The highest BCUT2D eigenvalue weighted by molar-refractivity contribution is 6.46. The van der Waals surface area contributed by atoms with Crippen molar-refractivity contribution in [2.75, 3.05) is 18.0 Å². The molecule has 7 nitrogen and oxygen atoms in total. The van der Waals surface area contributed by atoms with Gasteiger partial charge in [0.1, 0.15) is 5.70 Å². The van der Waals surface area contributed by atoms with Gasteiger partial charge in [-0.25, -0.2) is 4.90 Å². The third-order valence-corrected chi connectivity index (χ3v) is 6.29. The van der Waals surface area contributed by atoms with Gasteiger partial charge >= 0.3 is 0 Å². The average Bonchev–Trinajstić information content (AvgIpc) is 3.00. The van der Waals surface area contributed by atoms with Gasteiger partial charge in [0.25, 0.3) is 17.5 Å². The summed E-state index contributed by atoms with van der Waals surface area (Å²) >= 11 is 6.26. The summed E-state index contributed by atoms with van der Waals surface area (Å²) in [6.45, 7) is 5.24. The summed E-state index contributed by atoms with van der Waals surface area (Å²) in [6, 6.07) is 10.9. The van der Waals surface area contributed by atoms with Crippen LogP contribution in [-0.2, 0) is 9.59 Å². The first-order valence-corrected chi connectivity index (χ1v) is 10.6. The number of non-ortho nitro benzene ring substituents is 1. The Bertz CT molecular complexity index is 1110. The molecule has 2 aromatic rings. The van der Waals surface area contributed by atoms with E-state index in [4.69, 9.17) is 11.6 Å². The molecule has 0 aliphatic carbocycles. The zero-order chi connectivity index (χ0) is 22.3. The highest BCUT2D eigenvalue weighted by atomic mass is 35.5. The second-order valence-electron chi connectivity index (χ2n) is 8.05. The lowest BCUT2D eigenvalue weighted by atomic mass is 9.97. The molecule has 0 saturated carbocycles. The molecule has 2 amide bonds. The lowest BCUT2D eigenvalue weighted by Crippen LogP contribution is -2.39. The number of rotatable bonds is 4. The van der Waals surface area contributed by atoms with E-state index in [0.29, 0.717) is 46.5 Å². The Morgan fingerprint density at radius 1 is 1.10 bits per heavy atom. The van der Waals surface area contributed by atoms with Gasteiger partial charge in [-0.2, -0.15) is 0 Å². The first-order chi connectivity index (χ1) is 14.8. The van der Waals surface area contributed by atoms with E-state index in [1.807, 2.05) is 4.90 Å². The van der Waals surface area contributed by atoms with Crippen LogP contribution in [0.25, 0.3) is 5.57 Å². The minimum atomic E-state index is -0.491. The number of nitro groups is 1. The number of amides is 2. The van der Waals surface area contributed by atoms with E-state index in [1.54, 1.807) is 25.1 Å². The van der Waals surface area contributed by atoms with Gasteiger partial charge in [0.15, 0.2) is 0 Å². The first-order valence-electron chi connectivity index (χ1n) is 10.2. The Kier molecular flexibility index (Phi) is 5.54. The standard InChI is InChI=1S/C23H22ClN3O4/c1-14-5-4-12-25(13-14)21-20(16-8-10-17(11-9-16)27(30)31)22(28)26(23(21)29)19-7-3-6-18(24)15(19)2/h3,6-11,14H,4-5,12-13H2,1-2H3. The Labute approximate surface area is 185 Å². The predicted octanol–water partition coefficient (Wildman–Crippen LogP) is 4.57. The maximum atomic E-state index is 13.6. The normalized spacial score (nSPS) is 19.4. The van der Waals surface area contributed by atoms with Crippen LogP contribution in [0.1, 0.15) is 30.9 Å². The van der Waals surface area contributed by atoms with Crippen molar-refractivity contribution in [3.63, 3.8) is 0 Å². The maximum absolute atomic E-state index is 13.6. The SMILES string of the molecule is Cc1c(Cl)cccc1N1C(=O)C(c2ccc([N+](=O)[O-])cc2)=C(N2CCCC(C)C2)C1=O. The summed E-state index contributed by atoms with van der Waals surface area (Å²) in [5.74, 6) is -0.445. The van der Waals surface area contributed by atoms with Gasteiger partial charge in [-0.1, -0.05) is 24.6 Å². The second-order valence-corrected chi connectivity index (χ2v) is 8.46. The number of piperidine rings is 1. The summed E-state index contributed by atoms with van der Waals surface area (Å²) in [7, 11) is 0. The molecular weight excluding hydrogens is 418 g/mol. The van der Waals surface area contributed by atoms with Gasteiger partial charge in [0.05, 0.1) is 16.2 Å². The largest absolute Gasteiger partial charge is 0.366 e. The lowest BCUT2D eigenvalue weighted by molar-refractivity contribution is -0.384. The number of hydrogen-bond donors (Lipinski definition) is 0. The second kappa shape index (κ2) is 8.15. The number of nitro benzene ring substituents is 1. The fraction of sp³-hybridized carbons (Fsp3) is 0.304. The van der Waals surface area contributed by atoms with Gasteiger partial charge < -0.3 is 4.90 Å². The minimum absolute atomic E-state index is 0.0724. The van der Waals surface area contributed by atoms with Crippen molar-refractivity contribution in [2.24, 2.45) is 5.92 Å². The molecule has 1 fully saturated rings. The van der Waals surface area contributed by atoms with Gasteiger partial charge in [-0.05, 0) is 61.1 Å². The predicted molar refractivity (Wildman–Crippen MR) is 119 cm³/mol. The van der Waals surface area contributed by atoms with Crippen molar-refractivity contribution in [3.8, 4) is 0 Å². The fourth-order valence-electron chi connectivity index (χ4n) is 4.27. The van der Waals surface area contributed by atoms with Crippen LogP contribution < -0.4 is 4.90 Å². The van der Waals surface area contributed by atoms with Gasteiger partial charge in [-0.15, -0.1) is 0 Å². The van der Waals surface area contributed by atoms with Crippen LogP contribution in [0, 0.1) is 23.0 Å². The van der Waals surface area contributed by atoms with Crippen LogP contribution in [0.3, 0.4) is 0 Å². The molecule has 1 atom stereocenters. The van der Waals surface area contributed by atoms with Gasteiger partial charge in [0.2, 0.25) is 0 Å². The highest BCUT2D eigenvalue weighted by Gasteiger charge is 2.43. The molecule has 160 valence electrons. The number of halogens is 1. The molecule has 0 radical (unpaired) electrons. The summed E-state index contributed by atoms with van der Waals surface area (Å²) in [5.41, 5.74) is 2.12. The Morgan fingerprint density at radius 2 is 1.81 bits per heavy atom. The molecule has 2 aliphatic rings. The third-order valence-electron chi connectivity index (χ3n) is 5.88. The third kappa shape index (κ3) is 3.70. The number of benzene rings is 2. The van der Waals surface area contributed by atoms with Crippen molar-refractivity contribution >= 4 is 40.4 Å². The minimum Gasteiger partial charge on any atom is -0.366 e. The Hall–Kier alpha value is -3.19. The molecule has 8 heteroatoms. The smallest absolute Gasteiger partial charge is 0.282 e. The van der Waals surface area contributed by atoms with Crippen molar-refractivity contribution in [3.05, 3.63) is 74.4 Å². The molecule has 2 aromatic carbocycles. The van der Waals surface area contributed by atoms with E-state index in [-0.39, 0.29) is 11.3 Å². The van der Waals surface area contributed by atoms with E-state index in [9.17, 15) is 19.7 Å². The average molecular weight is 440 g/mol. The number of anilines is 1. The summed E-state index contributed by atoms with van der Waals surface area (Å²) in [6.07, 6.45) is 1.99. The topological polar surface area (TPSA) is 83.8 Å². The van der Waals surface area contributed by atoms with E-state index in [0.717, 1.165) is 12.8 Å². The number of nitrogens with zero attached hydrogens (tertiary/aromatic N) is 3. The zero-order valence-corrected chi connectivity index (χ0v) is 18.1. The first kappa shape index (κ1) is 21.1. The van der Waals surface area contributed by atoms with Crippen LogP contribution in [0.15, 0.2) is 48.2 Å². The Balaban J connectivity index is 1.85. The number of carbonyl (C=O) groups is 2. The molecule has 0 N–H and O–H groups in total. The van der Waals surface area contributed by atoms with Crippen LogP contribution >= 0.6 is 11.6 Å². The number of likely N-dealkylation sites (tertiary alicyclic amines) is 1. The summed E-state index contributed by atoms with van der Waals surface area (Å²) < 4.78 is 0. The van der Waals surface area contributed by atoms with Crippen molar-refractivity contribution in [1.82, 2.24) is 4.90 Å². The van der Waals surface area contributed by atoms with Crippen molar-refractivity contribution < 1.29 is 14.5 Å². The number of imide groups is 1. The van der Waals surface area contributed by atoms with E-state index >= 15 is 0 Å². The Morgan fingerprint density at radius 3 is 2.45 bits per heavy atom. The van der Waals surface area contributed by atoms with Crippen LogP contribution in [0.2, 0.25) is 5.02 Å². The van der Waals surface area contributed by atoms with Crippen LogP contribution in [0.5, 0.6) is 0 Å². The monoisotopic (exact) mass is 439 g/mol. The zero-order valence-electron chi connectivity index (χ0n) is 17.3. The van der Waals surface area contributed by atoms with Gasteiger partial charge in [0, 0.05) is 30.2 Å². The summed E-state index contributed by atoms with van der Waals surface area (Å²) in [5, 5.41) is 11.5. The van der Waals surface area contributed by atoms with E-state index < -0.39 is 16.7 Å². The number of hydrogen-bond acceptors (Lipinski definition) is 5. The molecule has 31 heavy (non-hydrogen) atoms. The fourth-order valence-corrected chi connectivity index (χ4v) is 4.44. The molecule has 0 aromatic heterocycles. The maximum Gasteiger partial charge on any atom is 0.282 e. The molecule has 2 heterocycles. The lowest BCUT2D eigenvalue weighted by Gasteiger charge is -2.33. The van der Waals surface area contributed by atoms with E-state index in [1.165, 1.54) is 29.2 Å². The van der Waals surface area contributed by atoms with Crippen molar-refractivity contribution in [2.45, 2.75) is 26.7 Å². The van der Waals surface area contributed by atoms with Crippen LogP contribution in [-0.4, -0.2) is 34.7 Å². The molecular formula is C23H22ClN3O4. The van der Waals surface area contributed by atoms with Crippen LogP contribution in [0.4, 0.5) is 11.4 Å². The highest BCUT2D eigenvalue weighted by Crippen LogP contribution is 2.38. The molecule has 4 rings (SSSR count). The van der Waals surface area contributed by atoms with Gasteiger partial charge in [-0.3, -0.25) is 19.7 Å².